The van der Waals surface area contributed by atoms with E-state index in [1.54, 1.807) is 17.5 Å². The number of rotatable bonds is 3. The van der Waals surface area contributed by atoms with Crippen LogP contribution >= 0.6 is 11.3 Å². The first-order valence-corrected chi connectivity index (χ1v) is 5.41. The number of nitrogens with zero attached hydrogens (tertiary/aromatic N) is 1. The van der Waals surface area contributed by atoms with Crippen molar-refractivity contribution in [2.45, 2.75) is 13.0 Å². The molecule has 0 radical (unpaired) electrons. The molecule has 0 aliphatic carbocycles. The molecule has 0 fully saturated rings. The summed E-state index contributed by atoms with van der Waals surface area (Å²) in [7, 11) is 0. The number of hydrogen-bond acceptors (Lipinski definition) is 3. The van der Waals surface area contributed by atoms with Crippen molar-refractivity contribution >= 4 is 11.3 Å². The maximum absolute atomic E-state index is 5.55. The van der Waals surface area contributed by atoms with Gasteiger partial charge in [-0.3, -0.25) is 4.98 Å². The first kappa shape index (κ1) is 9.37. The minimum absolute atomic E-state index is 0.637. The third kappa shape index (κ3) is 2.19. The molecule has 0 spiro atoms. The summed E-state index contributed by atoms with van der Waals surface area (Å²) in [6.45, 7) is 0.637. The maximum atomic E-state index is 5.55. The number of pyridine rings is 1. The molecule has 2 rings (SSSR count). The van der Waals surface area contributed by atoms with Crippen molar-refractivity contribution in [3.63, 3.8) is 0 Å². The molecule has 2 heterocycles. The van der Waals surface area contributed by atoms with Crippen molar-refractivity contribution < 1.29 is 0 Å². The lowest BCUT2D eigenvalue weighted by atomic mass is 10.1. The van der Waals surface area contributed by atoms with Gasteiger partial charge in [-0.05, 0) is 35.1 Å². The van der Waals surface area contributed by atoms with E-state index in [-0.39, 0.29) is 0 Å². The minimum atomic E-state index is 0.637. The zero-order valence-electron chi connectivity index (χ0n) is 7.81. The SMILES string of the molecule is NCc1cc(Cc2cccnc2)cs1. The Balaban J connectivity index is 2.11. The van der Waals surface area contributed by atoms with Gasteiger partial charge >= 0.3 is 0 Å². The number of aromatic nitrogens is 1. The topological polar surface area (TPSA) is 38.9 Å². The predicted molar refractivity (Wildman–Crippen MR) is 59.3 cm³/mol. The van der Waals surface area contributed by atoms with Crippen LogP contribution < -0.4 is 5.73 Å². The molecular weight excluding hydrogens is 192 g/mol. The average Bonchev–Trinajstić information content (AvgIpc) is 2.67. The van der Waals surface area contributed by atoms with Gasteiger partial charge < -0.3 is 5.73 Å². The zero-order valence-corrected chi connectivity index (χ0v) is 8.63. The highest BCUT2D eigenvalue weighted by molar-refractivity contribution is 7.10. The summed E-state index contributed by atoms with van der Waals surface area (Å²) in [5.74, 6) is 0. The lowest BCUT2D eigenvalue weighted by Gasteiger charge is -1.96. The van der Waals surface area contributed by atoms with E-state index < -0.39 is 0 Å². The smallest absolute Gasteiger partial charge is 0.0303 e. The summed E-state index contributed by atoms with van der Waals surface area (Å²) in [6, 6.07) is 6.22. The molecule has 3 heteroatoms. The van der Waals surface area contributed by atoms with Crippen LogP contribution in [0.15, 0.2) is 36.0 Å². The van der Waals surface area contributed by atoms with Gasteiger partial charge in [-0.25, -0.2) is 0 Å². The van der Waals surface area contributed by atoms with Gasteiger partial charge in [0, 0.05) is 23.8 Å². The molecule has 0 saturated heterocycles. The second-order valence-corrected chi connectivity index (χ2v) is 4.16. The van der Waals surface area contributed by atoms with E-state index in [2.05, 4.69) is 22.5 Å². The summed E-state index contributed by atoms with van der Waals surface area (Å²) in [4.78, 5) is 5.33. The van der Waals surface area contributed by atoms with E-state index in [4.69, 9.17) is 5.73 Å². The van der Waals surface area contributed by atoms with Crippen molar-refractivity contribution in [1.82, 2.24) is 4.98 Å². The Morgan fingerprint density at radius 2 is 2.29 bits per heavy atom. The van der Waals surface area contributed by atoms with E-state index in [9.17, 15) is 0 Å². The van der Waals surface area contributed by atoms with Crippen LogP contribution in [0.25, 0.3) is 0 Å². The Morgan fingerprint density at radius 1 is 1.36 bits per heavy atom. The van der Waals surface area contributed by atoms with Crippen molar-refractivity contribution in [2.24, 2.45) is 5.73 Å². The summed E-state index contributed by atoms with van der Waals surface area (Å²) in [5, 5.41) is 2.16. The Hall–Kier alpha value is -1.19. The van der Waals surface area contributed by atoms with Crippen molar-refractivity contribution in [1.29, 1.82) is 0 Å². The van der Waals surface area contributed by atoms with Gasteiger partial charge in [0.1, 0.15) is 0 Å². The molecule has 0 atom stereocenters. The molecule has 0 unspecified atom stereocenters. The van der Waals surface area contributed by atoms with Gasteiger partial charge in [0.2, 0.25) is 0 Å². The molecule has 0 amide bonds. The number of hydrogen-bond donors (Lipinski definition) is 1. The second kappa shape index (κ2) is 4.35. The largest absolute Gasteiger partial charge is 0.326 e. The summed E-state index contributed by atoms with van der Waals surface area (Å²) < 4.78 is 0. The van der Waals surface area contributed by atoms with Crippen LogP contribution in [0.1, 0.15) is 16.0 Å². The standard InChI is InChI=1S/C11H12N2S/c12-6-11-5-10(8-14-11)4-9-2-1-3-13-7-9/h1-3,5,7-8H,4,6,12H2. The van der Waals surface area contributed by atoms with E-state index in [1.807, 2.05) is 12.3 Å². The van der Waals surface area contributed by atoms with Crippen LogP contribution in [0.5, 0.6) is 0 Å². The van der Waals surface area contributed by atoms with Crippen LogP contribution in [0.4, 0.5) is 0 Å². The molecule has 0 bridgehead atoms. The van der Waals surface area contributed by atoms with Gasteiger partial charge in [0.05, 0.1) is 0 Å². The highest BCUT2D eigenvalue weighted by Crippen LogP contribution is 2.16. The quantitative estimate of drug-likeness (QED) is 0.832. The molecule has 0 aliphatic rings. The van der Waals surface area contributed by atoms with E-state index in [0.29, 0.717) is 6.54 Å². The molecule has 0 aromatic carbocycles. The van der Waals surface area contributed by atoms with Crippen LogP contribution in [0.2, 0.25) is 0 Å². The molecule has 2 N–H and O–H groups in total. The minimum Gasteiger partial charge on any atom is -0.326 e. The molecule has 2 aromatic heterocycles. The summed E-state index contributed by atoms with van der Waals surface area (Å²) in [6.07, 6.45) is 4.65. The molecule has 72 valence electrons. The number of nitrogens with two attached hydrogens (primary N) is 1. The summed E-state index contributed by atoms with van der Waals surface area (Å²) in [5.41, 5.74) is 8.12. The Morgan fingerprint density at radius 3 is 2.93 bits per heavy atom. The molecule has 2 aromatic rings. The van der Waals surface area contributed by atoms with Crippen molar-refractivity contribution in [3.8, 4) is 0 Å². The monoisotopic (exact) mass is 204 g/mol. The van der Waals surface area contributed by atoms with E-state index in [0.717, 1.165) is 6.42 Å². The molecule has 0 aliphatic heterocycles. The fourth-order valence-electron chi connectivity index (χ4n) is 1.36. The second-order valence-electron chi connectivity index (χ2n) is 3.16. The van der Waals surface area contributed by atoms with Gasteiger partial charge in [-0.2, -0.15) is 0 Å². The van der Waals surface area contributed by atoms with Crippen molar-refractivity contribution in [2.75, 3.05) is 0 Å². The highest BCUT2D eigenvalue weighted by atomic mass is 32.1. The van der Waals surface area contributed by atoms with Crippen LogP contribution in [0, 0.1) is 0 Å². The Kier molecular flexibility index (Phi) is 2.91. The van der Waals surface area contributed by atoms with Gasteiger partial charge in [-0.1, -0.05) is 6.07 Å². The zero-order chi connectivity index (χ0) is 9.80. The van der Waals surface area contributed by atoms with Crippen molar-refractivity contribution in [3.05, 3.63) is 52.0 Å². The van der Waals surface area contributed by atoms with Gasteiger partial charge in [-0.15, -0.1) is 11.3 Å². The number of thiophene rings is 1. The van der Waals surface area contributed by atoms with Crippen LogP contribution in [0.3, 0.4) is 0 Å². The van der Waals surface area contributed by atoms with E-state index in [1.165, 1.54) is 16.0 Å². The van der Waals surface area contributed by atoms with Gasteiger partial charge in [0.15, 0.2) is 0 Å². The lowest BCUT2D eigenvalue weighted by molar-refractivity contribution is 1.09. The normalized spacial score (nSPS) is 10.4. The van der Waals surface area contributed by atoms with Crippen LogP contribution in [-0.4, -0.2) is 4.98 Å². The predicted octanol–water partition coefficient (Wildman–Crippen LogP) is 2.19. The third-order valence-electron chi connectivity index (χ3n) is 2.04. The van der Waals surface area contributed by atoms with Crippen LogP contribution in [-0.2, 0) is 13.0 Å². The average molecular weight is 204 g/mol. The first-order chi connectivity index (χ1) is 6.88. The maximum Gasteiger partial charge on any atom is 0.0303 e. The van der Waals surface area contributed by atoms with E-state index >= 15 is 0 Å². The lowest BCUT2D eigenvalue weighted by Crippen LogP contribution is -1.92. The Bertz CT molecular complexity index is 395. The molecule has 0 saturated carbocycles. The molecule has 14 heavy (non-hydrogen) atoms. The highest BCUT2D eigenvalue weighted by Gasteiger charge is 1.99. The Labute approximate surface area is 87.4 Å². The molecular formula is C11H12N2S. The van der Waals surface area contributed by atoms with Gasteiger partial charge in [0.25, 0.3) is 0 Å². The summed E-state index contributed by atoms with van der Waals surface area (Å²) >= 11 is 1.72. The first-order valence-electron chi connectivity index (χ1n) is 4.54. The fraction of sp³-hybridized carbons (Fsp3) is 0.182. The molecule has 2 nitrogen and oxygen atoms in total. The third-order valence-corrected chi connectivity index (χ3v) is 3.05. The fourth-order valence-corrected chi connectivity index (χ4v) is 2.13.